The molecule has 3 aromatic rings. The maximum Gasteiger partial charge on any atom is 0.260 e. The number of hydrogen-bond acceptors (Lipinski definition) is 6. The van der Waals surface area contributed by atoms with Crippen molar-refractivity contribution >= 4 is 32.6 Å². The van der Waals surface area contributed by atoms with Crippen molar-refractivity contribution in [2.24, 2.45) is 0 Å². The third-order valence-electron chi connectivity index (χ3n) is 4.49. The van der Waals surface area contributed by atoms with E-state index in [1.54, 1.807) is 44.4 Å². The molecule has 8 heteroatoms. The van der Waals surface area contributed by atoms with Crippen molar-refractivity contribution in [2.75, 3.05) is 53.4 Å². The van der Waals surface area contributed by atoms with Crippen molar-refractivity contribution in [1.82, 2.24) is 4.98 Å². The second kappa shape index (κ2) is 9.11. The number of likely N-dealkylation sites (N-methyl/N-ethyl adjacent to an activating group) is 1. The molecular formula is C21H26N3O4S+. The number of rotatable bonds is 8. The molecule has 0 radical (unpaired) electrons. The minimum absolute atomic E-state index is 0.144. The lowest BCUT2D eigenvalue weighted by atomic mass is 10.1. The van der Waals surface area contributed by atoms with Gasteiger partial charge in [0.05, 0.1) is 58.7 Å². The summed E-state index contributed by atoms with van der Waals surface area (Å²) in [6, 6.07) is 10.9. The first-order chi connectivity index (χ1) is 13.9. The summed E-state index contributed by atoms with van der Waals surface area (Å²) in [5.74, 6) is 1.73. The molecule has 1 N–H and O–H groups in total. The van der Waals surface area contributed by atoms with Crippen LogP contribution in [0.3, 0.4) is 0 Å². The molecule has 3 rings (SSSR count). The molecule has 1 aromatic heterocycles. The summed E-state index contributed by atoms with van der Waals surface area (Å²) in [4.78, 5) is 21.1. The van der Waals surface area contributed by atoms with Crippen LogP contribution in [0.1, 0.15) is 10.4 Å². The van der Waals surface area contributed by atoms with Crippen LogP contribution >= 0.6 is 11.3 Å². The summed E-state index contributed by atoms with van der Waals surface area (Å²) in [7, 11) is 8.87. The standard InChI is InChI=1S/C21H25N3O4S/c1-23(2)8-9-24(20(25)14-10-16(27-4)12-17(11-14)28-5)21-22-18-13-15(26-3)6-7-19(18)29-21/h6-7,10-13H,8-9H2,1-5H3/p+1. The minimum atomic E-state index is -0.144. The Morgan fingerprint density at radius 1 is 1.00 bits per heavy atom. The summed E-state index contributed by atoms with van der Waals surface area (Å²) in [5.41, 5.74) is 1.30. The van der Waals surface area contributed by atoms with Gasteiger partial charge < -0.3 is 19.1 Å². The van der Waals surface area contributed by atoms with Crippen LogP contribution in [0.5, 0.6) is 17.2 Å². The first-order valence-corrected chi connectivity index (χ1v) is 10.1. The molecule has 2 aromatic carbocycles. The SMILES string of the molecule is COc1cc(OC)cc(C(=O)N(CC[NH+](C)C)c2nc3cc(OC)ccc3s2)c1. The molecule has 0 saturated carbocycles. The lowest BCUT2D eigenvalue weighted by molar-refractivity contribution is -0.856. The van der Waals surface area contributed by atoms with Crippen LogP contribution in [0, 0.1) is 0 Å². The molecule has 0 saturated heterocycles. The summed E-state index contributed by atoms with van der Waals surface area (Å²) < 4.78 is 16.9. The molecular weight excluding hydrogens is 390 g/mol. The number of fused-ring (bicyclic) bond motifs is 1. The van der Waals surface area contributed by atoms with Gasteiger partial charge in [0.2, 0.25) is 0 Å². The molecule has 1 heterocycles. The number of ether oxygens (including phenoxy) is 3. The van der Waals surface area contributed by atoms with Gasteiger partial charge in [-0.3, -0.25) is 9.69 Å². The van der Waals surface area contributed by atoms with Crippen LogP contribution in [0.2, 0.25) is 0 Å². The number of anilines is 1. The van der Waals surface area contributed by atoms with Crippen LogP contribution < -0.4 is 24.0 Å². The largest absolute Gasteiger partial charge is 0.497 e. The molecule has 0 spiro atoms. The molecule has 29 heavy (non-hydrogen) atoms. The fourth-order valence-corrected chi connectivity index (χ4v) is 3.81. The number of thiazole rings is 1. The van der Waals surface area contributed by atoms with Gasteiger partial charge in [-0.05, 0) is 24.3 Å². The molecule has 0 fully saturated rings. The molecule has 0 aliphatic carbocycles. The van der Waals surface area contributed by atoms with E-state index in [9.17, 15) is 4.79 Å². The summed E-state index contributed by atoms with van der Waals surface area (Å²) >= 11 is 1.49. The maximum absolute atomic E-state index is 13.4. The number of carbonyl (C=O) groups is 1. The molecule has 0 aliphatic rings. The third kappa shape index (κ3) is 4.78. The van der Waals surface area contributed by atoms with Crippen molar-refractivity contribution in [3.63, 3.8) is 0 Å². The van der Waals surface area contributed by atoms with E-state index in [0.717, 1.165) is 22.5 Å². The van der Waals surface area contributed by atoms with E-state index in [2.05, 4.69) is 14.1 Å². The van der Waals surface area contributed by atoms with E-state index in [1.165, 1.54) is 16.2 Å². The smallest absolute Gasteiger partial charge is 0.260 e. The Bertz CT molecular complexity index is 981. The van der Waals surface area contributed by atoms with Crippen molar-refractivity contribution in [2.45, 2.75) is 0 Å². The van der Waals surface area contributed by atoms with Crippen LogP contribution in [-0.4, -0.2) is 59.4 Å². The number of aromatic nitrogens is 1. The Morgan fingerprint density at radius 2 is 1.66 bits per heavy atom. The van der Waals surface area contributed by atoms with Crippen molar-refractivity contribution in [1.29, 1.82) is 0 Å². The van der Waals surface area contributed by atoms with E-state index in [-0.39, 0.29) is 5.91 Å². The average Bonchev–Trinajstić information content (AvgIpc) is 3.15. The third-order valence-corrected chi connectivity index (χ3v) is 5.55. The Balaban J connectivity index is 2.02. The number of benzene rings is 2. The van der Waals surface area contributed by atoms with E-state index >= 15 is 0 Å². The van der Waals surface area contributed by atoms with Gasteiger partial charge in [0.25, 0.3) is 5.91 Å². The van der Waals surface area contributed by atoms with Crippen LogP contribution in [0.4, 0.5) is 5.13 Å². The highest BCUT2D eigenvalue weighted by molar-refractivity contribution is 7.22. The minimum Gasteiger partial charge on any atom is -0.497 e. The average molecular weight is 417 g/mol. The second-order valence-electron chi connectivity index (χ2n) is 6.85. The van der Waals surface area contributed by atoms with E-state index in [4.69, 9.17) is 19.2 Å². The molecule has 0 unspecified atom stereocenters. The second-order valence-corrected chi connectivity index (χ2v) is 7.85. The summed E-state index contributed by atoms with van der Waals surface area (Å²) in [6.07, 6.45) is 0. The number of methoxy groups -OCH3 is 3. The number of amides is 1. The Hall–Kier alpha value is -2.84. The van der Waals surface area contributed by atoms with Gasteiger partial charge in [0.1, 0.15) is 17.2 Å². The lowest BCUT2D eigenvalue weighted by Gasteiger charge is -2.21. The lowest BCUT2D eigenvalue weighted by Crippen LogP contribution is -3.06. The maximum atomic E-state index is 13.4. The zero-order valence-electron chi connectivity index (χ0n) is 17.3. The van der Waals surface area contributed by atoms with Crippen LogP contribution in [0.15, 0.2) is 36.4 Å². The molecule has 0 atom stereocenters. The van der Waals surface area contributed by atoms with Crippen molar-refractivity contribution < 1.29 is 23.9 Å². The molecule has 154 valence electrons. The predicted octanol–water partition coefficient (Wildman–Crippen LogP) is 2.11. The van der Waals surface area contributed by atoms with Gasteiger partial charge in [0.15, 0.2) is 5.13 Å². The van der Waals surface area contributed by atoms with Gasteiger partial charge >= 0.3 is 0 Å². The number of carbonyl (C=O) groups excluding carboxylic acids is 1. The predicted molar refractivity (Wildman–Crippen MR) is 115 cm³/mol. The number of quaternary nitrogens is 1. The number of hydrogen-bond donors (Lipinski definition) is 1. The zero-order valence-corrected chi connectivity index (χ0v) is 18.1. The normalized spacial score (nSPS) is 11.0. The van der Waals surface area contributed by atoms with Gasteiger partial charge in [0, 0.05) is 17.7 Å². The van der Waals surface area contributed by atoms with E-state index < -0.39 is 0 Å². The highest BCUT2D eigenvalue weighted by Gasteiger charge is 2.23. The highest BCUT2D eigenvalue weighted by Crippen LogP contribution is 2.32. The van der Waals surface area contributed by atoms with Gasteiger partial charge in [-0.2, -0.15) is 0 Å². The van der Waals surface area contributed by atoms with E-state index in [1.807, 2.05) is 18.2 Å². The Labute approximate surface area is 174 Å². The molecule has 7 nitrogen and oxygen atoms in total. The van der Waals surface area contributed by atoms with Gasteiger partial charge in [-0.15, -0.1) is 0 Å². The summed E-state index contributed by atoms with van der Waals surface area (Å²) in [6.45, 7) is 1.32. The van der Waals surface area contributed by atoms with Crippen molar-refractivity contribution in [3.8, 4) is 17.2 Å². The highest BCUT2D eigenvalue weighted by atomic mass is 32.1. The fraction of sp³-hybridized carbons (Fsp3) is 0.333. The van der Waals surface area contributed by atoms with Gasteiger partial charge in [-0.1, -0.05) is 11.3 Å². The first-order valence-electron chi connectivity index (χ1n) is 9.23. The Morgan fingerprint density at radius 3 is 2.24 bits per heavy atom. The Kier molecular flexibility index (Phi) is 6.56. The molecule has 0 aliphatic heterocycles. The van der Waals surface area contributed by atoms with E-state index in [0.29, 0.717) is 28.7 Å². The summed E-state index contributed by atoms with van der Waals surface area (Å²) in [5, 5.41) is 0.654. The van der Waals surface area contributed by atoms with Crippen molar-refractivity contribution in [3.05, 3.63) is 42.0 Å². The van der Waals surface area contributed by atoms with Gasteiger partial charge in [-0.25, -0.2) is 4.98 Å². The topological polar surface area (TPSA) is 65.3 Å². The molecule has 1 amide bonds. The number of nitrogens with zero attached hydrogens (tertiary/aromatic N) is 2. The van der Waals surface area contributed by atoms with Crippen LogP contribution in [0.25, 0.3) is 10.2 Å². The first kappa shape index (κ1) is 20.9. The molecule has 0 bridgehead atoms. The zero-order chi connectivity index (χ0) is 21.0. The number of nitrogens with one attached hydrogen (secondary N) is 1. The quantitative estimate of drug-likeness (QED) is 0.609. The van der Waals surface area contributed by atoms with Crippen LogP contribution in [-0.2, 0) is 0 Å². The fourth-order valence-electron chi connectivity index (χ4n) is 2.84. The monoisotopic (exact) mass is 416 g/mol.